The van der Waals surface area contributed by atoms with Crippen molar-refractivity contribution in [3.05, 3.63) is 34.9 Å². The number of nitrogens with one attached hydrogen (secondary N) is 1. The summed E-state index contributed by atoms with van der Waals surface area (Å²) in [5, 5.41) is 12.4. The van der Waals surface area contributed by atoms with E-state index in [0.717, 1.165) is 0 Å². The molecule has 4 N–H and O–H groups in total. The number of halogens is 1. The molecule has 0 aliphatic rings. The van der Waals surface area contributed by atoms with Crippen molar-refractivity contribution in [1.29, 1.82) is 0 Å². The molecule has 22 heavy (non-hydrogen) atoms. The summed E-state index contributed by atoms with van der Waals surface area (Å²) in [5.41, 5.74) is -2.48. The Hall–Kier alpha value is -0.990. The lowest BCUT2D eigenvalue weighted by atomic mass is 10.2. The van der Waals surface area contributed by atoms with E-state index < -0.39 is 25.8 Å². The maximum absolute atomic E-state index is 11.4. The zero-order valence-corrected chi connectivity index (χ0v) is 13.4. The first-order valence-corrected chi connectivity index (χ1v) is 8.24. The highest BCUT2D eigenvalue weighted by molar-refractivity contribution is 7.53. The molecule has 0 heterocycles. The van der Waals surface area contributed by atoms with Crippen LogP contribution in [-0.4, -0.2) is 39.7 Å². The molecular formula is C12H17ClNO7P. The van der Waals surface area contributed by atoms with Crippen LogP contribution in [0.15, 0.2) is 24.3 Å². The SMILES string of the molecule is CCOC(=O)CNC(O)(OCc1ccc(Cl)cc1)P(=O)(O)O. The van der Waals surface area contributed by atoms with E-state index in [-0.39, 0.29) is 13.2 Å². The van der Waals surface area contributed by atoms with Crippen molar-refractivity contribution in [1.82, 2.24) is 5.32 Å². The van der Waals surface area contributed by atoms with Gasteiger partial charge in [-0.3, -0.25) is 9.36 Å². The van der Waals surface area contributed by atoms with E-state index in [2.05, 4.69) is 4.74 Å². The first kappa shape index (κ1) is 19.1. The topological polar surface area (TPSA) is 125 Å². The molecule has 0 aliphatic carbocycles. The quantitative estimate of drug-likeness (QED) is 0.307. The van der Waals surface area contributed by atoms with Crippen LogP contribution in [0.5, 0.6) is 0 Å². The minimum atomic E-state index is -5.12. The van der Waals surface area contributed by atoms with E-state index in [9.17, 15) is 24.3 Å². The number of carbonyl (C=O) groups excluding carboxylic acids is 1. The summed E-state index contributed by atoms with van der Waals surface area (Å²) in [4.78, 5) is 29.6. The minimum absolute atomic E-state index is 0.0977. The number of esters is 1. The third-order valence-electron chi connectivity index (χ3n) is 2.52. The van der Waals surface area contributed by atoms with Crippen molar-refractivity contribution in [3.8, 4) is 0 Å². The Labute approximate surface area is 132 Å². The Balaban J connectivity index is 2.73. The van der Waals surface area contributed by atoms with E-state index >= 15 is 0 Å². The lowest BCUT2D eigenvalue weighted by molar-refractivity contribution is -0.184. The Morgan fingerprint density at radius 3 is 2.45 bits per heavy atom. The lowest BCUT2D eigenvalue weighted by Gasteiger charge is -2.29. The third kappa shape index (κ3) is 5.66. The molecule has 1 aromatic rings. The van der Waals surface area contributed by atoms with Crippen molar-refractivity contribution >= 4 is 25.2 Å². The average Bonchev–Trinajstić information content (AvgIpc) is 2.44. The largest absolute Gasteiger partial charge is 0.465 e. The predicted octanol–water partition coefficient (Wildman–Crippen LogP) is 0.791. The highest BCUT2D eigenvalue weighted by Crippen LogP contribution is 2.48. The summed E-state index contributed by atoms with van der Waals surface area (Å²) in [5.74, 6) is -0.788. The van der Waals surface area contributed by atoms with Crippen LogP contribution in [-0.2, 0) is 25.4 Å². The van der Waals surface area contributed by atoms with Gasteiger partial charge in [0.15, 0.2) is 0 Å². The molecule has 0 saturated carbocycles. The van der Waals surface area contributed by atoms with Gasteiger partial charge in [0.1, 0.15) is 0 Å². The number of ether oxygens (including phenoxy) is 2. The van der Waals surface area contributed by atoms with E-state index in [1.54, 1.807) is 31.2 Å². The zero-order valence-electron chi connectivity index (χ0n) is 11.7. The first-order valence-electron chi connectivity index (χ1n) is 6.25. The van der Waals surface area contributed by atoms with E-state index in [1.165, 1.54) is 0 Å². The second kappa shape index (κ2) is 8.03. The predicted molar refractivity (Wildman–Crippen MR) is 77.9 cm³/mol. The van der Waals surface area contributed by atoms with Crippen LogP contribution in [0.4, 0.5) is 0 Å². The van der Waals surface area contributed by atoms with Gasteiger partial charge in [0.2, 0.25) is 0 Å². The van der Waals surface area contributed by atoms with Crippen LogP contribution in [0.2, 0.25) is 5.02 Å². The van der Waals surface area contributed by atoms with Crippen molar-refractivity contribution in [2.75, 3.05) is 13.2 Å². The van der Waals surface area contributed by atoms with Crippen LogP contribution in [0.25, 0.3) is 0 Å². The average molecular weight is 354 g/mol. The maximum Gasteiger partial charge on any atom is 0.401 e. The molecule has 124 valence electrons. The lowest BCUT2D eigenvalue weighted by Crippen LogP contribution is -2.49. The van der Waals surface area contributed by atoms with Crippen molar-refractivity contribution in [3.63, 3.8) is 0 Å². The second-order valence-electron chi connectivity index (χ2n) is 4.23. The molecule has 8 nitrogen and oxygen atoms in total. The van der Waals surface area contributed by atoms with Crippen LogP contribution in [0.3, 0.4) is 0 Å². The molecule has 0 spiro atoms. The Morgan fingerprint density at radius 2 is 1.95 bits per heavy atom. The Bertz CT molecular complexity index is 547. The fourth-order valence-corrected chi connectivity index (χ4v) is 2.05. The van der Waals surface area contributed by atoms with Gasteiger partial charge in [0, 0.05) is 5.02 Å². The van der Waals surface area contributed by atoms with Crippen LogP contribution < -0.4 is 5.32 Å². The molecule has 0 saturated heterocycles. The number of benzene rings is 1. The molecule has 1 aromatic carbocycles. The van der Waals surface area contributed by atoms with Crippen LogP contribution in [0, 0.1) is 0 Å². The van der Waals surface area contributed by atoms with Crippen LogP contribution in [0.1, 0.15) is 12.5 Å². The molecule has 10 heteroatoms. The molecular weight excluding hydrogens is 337 g/mol. The molecule has 0 amide bonds. The number of hydrogen-bond donors (Lipinski definition) is 4. The van der Waals surface area contributed by atoms with E-state index in [4.69, 9.17) is 16.3 Å². The highest BCUT2D eigenvalue weighted by atomic mass is 35.5. The normalized spacial score (nSPS) is 14.4. The summed E-state index contributed by atoms with van der Waals surface area (Å²) in [6.07, 6.45) is 0. The molecule has 0 fully saturated rings. The van der Waals surface area contributed by atoms with Crippen LogP contribution >= 0.6 is 19.2 Å². The summed E-state index contributed by atoms with van der Waals surface area (Å²) in [6, 6.07) is 6.24. The first-order chi connectivity index (χ1) is 10.2. The molecule has 0 radical (unpaired) electrons. The Kier molecular flexibility index (Phi) is 6.96. The molecule has 1 rings (SSSR count). The van der Waals surface area contributed by atoms with Crippen molar-refractivity contribution in [2.24, 2.45) is 0 Å². The molecule has 1 atom stereocenters. The van der Waals surface area contributed by atoms with Gasteiger partial charge in [0.25, 0.3) is 0 Å². The fourth-order valence-electron chi connectivity index (χ4n) is 1.40. The van der Waals surface area contributed by atoms with E-state index in [1.807, 2.05) is 5.32 Å². The van der Waals surface area contributed by atoms with Gasteiger partial charge in [-0.1, -0.05) is 23.7 Å². The number of carbonyl (C=O) groups is 1. The van der Waals surface area contributed by atoms with Gasteiger partial charge < -0.3 is 24.4 Å². The maximum atomic E-state index is 11.4. The van der Waals surface area contributed by atoms with Gasteiger partial charge in [-0.25, -0.2) is 5.32 Å². The summed E-state index contributed by atoms with van der Waals surface area (Å²) in [6.45, 7) is 0.731. The van der Waals surface area contributed by atoms with Gasteiger partial charge in [0.05, 0.1) is 19.8 Å². The number of aliphatic hydroxyl groups is 1. The molecule has 1 unspecified atom stereocenters. The zero-order chi connectivity index (χ0) is 16.8. The van der Waals surface area contributed by atoms with Gasteiger partial charge in [-0.2, -0.15) is 0 Å². The summed E-state index contributed by atoms with van der Waals surface area (Å²) >= 11 is 5.71. The molecule has 0 bridgehead atoms. The van der Waals surface area contributed by atoms with Gasteiger partial charge >= 0.3 is 19.2 Å². The number of hydrogen-bond acceptors (Lipinski definition) is 6. The minimum Gasteiger partial charge on any atom is -0.465 e. The molecule has 0 aliphatic heterocycles. The number of rotatable bonds is 8. The highest BCUT2D eigenvalue weighted by Gasteiger charge is 2.47. The van der Waals surface area contributed by atoms with Gasteiger partial charge in [-0.15, -0.1) is 0 Å². The Morgan fingerprint density at radius 1 is 1.36 bits per heavy atom. The third-order valence-corrected chi connectivity index (χ3v) is 3.85. The standard InChI is InChI=1S/C12H17ClNO7P/c1-2-20-11(15)7-14-12(16,22(17,18)19)21-8-9-3-5-10(13)6-4-9/h3-6,14,16H,2,7-8H2,1H3,(H2,17,18,19). The monoisotopic (exact) mass is 353 g/mol. The smallest absolute Gasteiger partial charge is 0.401 e. The van der Waals surface area contributed by atoms with Crippen molar-refractivity contribution < 1.29 is 33.7 Å². The second-order valence-corrected chi connectivity index (χ2v) is 6.36. The van der Waals surface area contributed by atoms with Crippen molar-refractivity contribution in [2.45, 2.75) is 19.2 Å². The molecule has 0 aromatic heterocycles. The van der Waals surface area contributed by atoms with E-state index in [0.29, 0.717) is 10.6 Å². The van der Waals surface area contributed by atoms with Gasteiger partial charge in [-0.05, 0) is 24.6 Å². The summed E-state index contributed by atoms with van der Waals surface area (Å²) < 4.78 is 20.9. The fraction of sp³-hybridized carbons (Fsp3) is 0.417. The summed E-state index contributed by atoms with van der Waals surface area (Å²) in [7, 11) is -5.12.